The van der Waals surface area contributed by atoms with Crippen molar-refractivity contribution in [3.8, 4) is 11.3 Å². The second-order valence-corrected chi connectivity index (χ2v) is 13.5. The van der Waals surface area contributed by atoms with Gasteiger partial charge in [0.15, 0.2) is 5.13 Å². The molecule has 0 spiro atoms. The molecular weight excluding hydrogens is 486 g/mol. The fourth-order valence-electron chi connectivity index (χ4n) is 4.70. The summed E-state index contributed by atoms with van der Waals surface area (Å²) in [7, 11) is -3.61. The molecule has 0 bridgehead atoms. The summed E-state index contributed by atoms with van der Waals surface area (Å²) < 4.78 is 29.8. The van der Waals surface area contributed by atoms with Gasteiger partial charge in [0.2, 0.25) is 10.0 Å². The third kappa shape index (κ3) is 5.38. The Kier molecular flexibility index (Phi) is 7.93. The van der Waals surface area contributed by atoms with E-state index in [9.17, 15) is 8.42 Å². The number of piperazine rings is 1. The number of aromatic nitrogens is 1. The molecule has 36 heavy (non-hydrogen) atoms. The van der Waals surface area contributed by atoms with E-state index in [1.165, 1.54) is 11.1 Å². The highest BCUT2D eigenvalue weighted by atomic mass is 32.2. The summed E-state index contributed by atoms with van der Waals surface area (Å²) in [6.45, 7) is 17.0. The number of aryl methyl sites for hydroxylation is 1. The van der Waals surface area contributed by atoms with Gasteiger partial charge in [-0.05, 0) is 41.4 Å². The number of hydrogen-bond donors (Lipinski definition) is 0. The van der Waals surface area contributed by atoms with Gasteiger partial charge in [0, 0.05) is 37.1 Å². The minimum absolute atomic E-state index is 0.128. The first-order valence-corrected chi connectivity index (χ1v) is 15.3. The van der Waals surface area contributed by atoms with E-state index >= 15 is 0 Å². The normalized spacial score (nSPS) is 15.4. The number of rotatable bonds is 7. The lowest BCUT2D eigenvalue weighted by Gasteiger charge is -2.35. The largest absolute Gasteiger partial charge is 0.345 e. The van der Waals surface area contributed by atoms with Crippen LogP contribution in [-0.4, -0.2) is 43.9 Å². The number of nitrogens with zero attached hydrogens (tertiary/aromatic N) is 3. The second kappa shape index (κ2) is 10.6. The highest BCUT2D eigenvalue weighted by molar-refractivity contribution is 7.89. The molecule has 0 aliphatic carbocycles. The lowest BCUT2D eigenvalue weighted by atomic mass is 9.89. The lowest BCUT2D eigenvalue weighted by Crippen LogP contribution is -2.49. The predicted molar refractivity (Wildman–Crippen MR) is 152 cm³/mol. The Labute approximate surface area is 221 Å². The van der Waals surface area contributed by atoms with Crippen LogP contribution in [0.1, 0.15) is 81.5 Å². The molecule has 0 N–H and O–H groups in total. The lowest BCUT2D eigenvalue weighted by molar-refractivity contribution is 0.383. The van der Waals surface area contributed by atoms with Crippen molar-refractivity contribution in [3.05, 3.63) is 64.0 Å². The Morgan fingerprint density at radius 2 is 1.39 bits per heavy atom. The van der Waals surface area contributed by atoms with Crippen LogP contribution in [0, 0.1) is 6.92 Å². The summed E-state index contributed by atoms with van der Waals surface area (Å²) >= 11 is 1.62. The van der Waals surface area contributed by atoms with Gasteiger partial charge in [-0.15, -0.1) is 11.3 Å². The first-order valence-electron chi connectivity index (χ1n) is 12.9. The third-order valence-corrected chi connectivity index (χ3v) is 9.96. The van der Waals surface area contributed by atoms with Crippen molar-refractivity contribution < 1.29 is 8.42 Å². The first kappa shape index (κ1) is 26.8. The highest BCUT2D eigenvalue weighted by Gasteiger charge is 2.34. The number of sulfonamides is 1. The zero-order chi connectivity index (χ0) is 26.2. The van der Waals surface area contributed by atoms with Crippen LogP contribution in [0.2, 0.25) is 0 Å². The molecule has 0 atom stereocenters. The van der Waals surface area contributed by atoms with E-state index < -0.39 is 10.0 Å². The van der Waals surface area contributed by atoms with Crippen LogP contribution in [0.4, 0.5) is 5.13 Å². The van der Waals surface area contributed by atoms with E-state index in [-0.39, 0.29) is 11.8 Å². The summed E-state index contributed by atoms with van der Waals surface area (Å²) in [5.41, 5.74) is 6.39. The summed E-state index contributed by atoms with van der Waals surface area (Å²) in [5, 5.41) is 3.04. The second-order valence-electron chi connectivity index (χ2n) is 10.8. The molecule has 4 rings (SSSR count). The predicted octanol–water partition coefficient (Wildman–Crippen LogP) is 7.00. The molecule has 0 amide bonds. The van der Waals surface area contributed by atoms with E-state index in [1.54, 1.807) is 15.6 Å². The Morgan fingerprint density at radius 1 is 0.833 bits per heavy atom. The van der Waals surface area contributed by atoms with E-state index in [4.69, 9.17) is 4.98 Å². The smallest absolute Gasteiger partial charge is 0.243 e. The zero-order valence-electron chi connectivity index (χ0n) is 22.6. The molecule has 5 nitrogen and oxygen atoms in total. The van der Waals surface area contributed by atoms with Crippen molar-refractivity contribution in [2.75, 3.05) is 31.1 Å². The van der Waals surface area contributed by atoms with Crippen LogP contribution in [0.25, 0.3) is 11.3 Å². The molecule has 2 aromatic carbocycles. The van der Waals surface area contributed by atoms with Crippen LogP contribution in [-0.2, 0) is 10.0 Å². The van der Waals surface area contributed by atoms with Crippen LogP contribution in [0.3, 0.4) is 0 Å². The van der Waals surface area contributed by atoms with Crippen molar-refractivity contribution in [2.45, 2.75) is 71.1 Å². The van der Waals surface area contributed by atoms with Gasteiger partial charge >= 0.3 is 0 Å². The van der Waals surface area contributed by atoms with E-state index in [2.05, 4.69) is 95.1 Å². The topological polar surface area (TPSA) is 53.5 Å². The Bertz CT molecular complexity index is 1270. The monoisotopic (exact) mass is 525 g/mol. The fraction of sp³-hybridized carbons (Fsp3) is 0.483. The average Bonchev–Trinajstić information content (AvgIpc) is 3.34. The molecule has 0 radical (unpaired) electrons. The molecule has 3 aromatic rings. The Morgan fingerprint density at radius 3 is 1.89 bits per heavy atom. The maximum atomic E-state index is 14.1. The van der Waals surface area contributed by atoms with Gasteiger partial charge < -0.3 is 4.90 Å². The van der Waals surface area contributed by atoms with Crippen molar-refractivity contribution in [3.63, 3.8) is 0 Å². The maximum Gasteiger partial charge on any atom is 0.243 e. The molecule has 1 aliphatic heterocycles. The molecular formula is C29H39N3O2S2. The molecule has 2 heterocycles. The van der Waals surface area contributed by atoms with Crippen molar-refractivity contribution >= 4 is 26.5 Å². The fourth-order valence-corrected chi connectivity index (χ4v) is 7.68. The Balaban J connectivity index is 1.58. The summed E-state index contributed by atoms with van der Waals surface area (Å²) in [6.07, 6.45) is 0. The third-order valence-electron chi connectivity index (χ3n) is 7.03. The van der Waals surface area contributed by atoms with Gasteiger partial charge in [0.05, 0.1) is 10.6 Å². The average molecular weight is 526 g/mol. The summed E-state index contributed by atoms with van der Waals surface area (Å²) in [5.74, 6) is 0.606. The molecule has 7 heteroatoms. The number of hydrogen-bond acceptors (Lipinski definition) is 5. The van der Waals surface area contributed by atoms with Crippen LogP contribution < -0.4 is 4.90 Å². The van der Waals surface area contributed by atoms with Gasteiger partial charge in [-0.1, -0.05) is 83.5 Å². The Hall–Kier alpha value is -2.22. The number of anilines is 1. The number of benzene rings is 2. The van der Waals surface area contributed by atoms with Gasteiger partial charge in [0.1, 0.15) is 0 Å². The van der Waals surface area contributed by atoms with Crippen molar-refractivity contribution in [2.24, 2.45) is 0 Å². The van der Waals surface area contributed by atoms with Crippen LogP contribution in [0.5, 0.6) is 0 Å². The first-order chi connectivity index (χ1) is 17.0. The van der Waals surface area contributed by atoms with Crippen molar-refractivity contribution in [1.29, 1.82) is 0 Å². The maximum absolute atomic E-state index is 14.1. The summed E-state index contributed by atoms with van der Waals surface area (Å²) in [6, 6.07) is 12.6. The van der Waals surface area contributed by atoms with E-state index in [1.807, 2.05) is 0 Å². The number of thiazole rings is 1. The standard InChI is InChI=1S/C29H39N3O2S2/c1-19(2)24-16-25(20(3)4)28(26(17-24)21(5)6)36(33,34)32-14-12-31(13-15-32)29-30-27(18-35-29)23-10-8-22(7)9-11-23/h8-11,16-21H,12-15H2,1-7H3. The molecule has 0 saturated carbocycles. The molecule has 1 aliphatic rings. The van der Waals surface area contributed by atoms with Gasteiger partial charge in [0.25, 0.3) is 0 Å². The minimum atomic E-state index is -3.61. The van der Waals surface area contributed by atoms with E-state index in [0.29, 0.717) is 37.0 Å². The van der Waals surface area contributed by atoms with Crippen LogP contribution >= 0.6 is 11.3 Å². The zero-order valence-corrected chi connectivity index (χ0v) is 24.2. The SMILES string of the molecule is Cc1ccc(-c2csc(N3CCN(S(=O)(=O)c4c(C(C)C)cc(C(C)C)cc4C(C)C)CC3)n2)cc1. The molecule has 0 unspecified atom stereocenters. The van der Waals surface area contributed by atoms with Gasteiger partial charge in [-0.2, -0.15) is 4.31 Å². The quantitative estimate of drug-likeness (QED) is 0.333. The van der Waals surface area contributed by atoms with Gasteiger partial charge in [-0.3, -0.25) is 0 Å². The minimum Gasteiger partial charge on any atom is -0.345 e. The highest BCUT2D eigenvalue weighted by Crippen LogP contribution is 2.37. The molecule has 1 saturated heterocycles. The van der Waals surface area contributed by atoms with Crippen LogP contribution in [0.15, 0.2) is 46.7 Å². The van der Waals surface area contributed by atoms with Crippen molar-refractivity contribution in [1.82, 2.24) is 9.29 Å². The molecule has 1 aromatic heterocycles. The summed E-state index contributed by atoms with van der Waals surface area (Å²) in [4.78, 5) is 7.60. The van der Waals surface area contributed by atoms with E-state index in [0.717, 1.165) is 27.5 Å². The van der Waals surface area contributed by atoms with Gasteiger partial charge in [-0.25, -0.2) is 13.4 Å². The molecule has 1 fully saturated rings. The molecule has 194 valence electrons.